The lowest BCUT2D eigenvalue weighted by molar-refractivity contribution is -0.120. The van der Waals surface area contributed by atoms with Crippen molar-refractivity contribution in [2.75, 3.05) is 6.54 Å². The standard InChI is InChI=1S/C20H20F2N2O/c1-20(2,17-11-23-18-10-15(22)6-7-16(17)18)12-24-19(25)9-13-4-3-5-14(21)8-13/h3-8,10-11,23H,9,12H2,1-2H3,(H,24,25). The van der Waals surface area contributed by atoms with Gasteiger partial charge >= 0.3 is 0 Å². The van der Waals surface area contributed by atoms with Gasteiger partial charge in [-0.15, -0.1) is 0 Å². The molecule has 2 N–H and O–H groups in total. The van der Waals surface area contributed by atoms with E-state index >= 15 is 0 Å². The lowest BCUT2D eigenvalue weighted by atomic mass is 9.84. The van der Waals surface area contributed by atoms with Crippen LogP contribution in [0.3, 0.4) is 0 Å². The number of carbonyl (C=O) groups excluding carboxylic acids is 1. The van der Waals surface area contributed by atoms with Crippen LogP contribution >= 0.6 is 0 Å². The summed E-state index contributed by atoms with van der Waals surface area (Å²) in [6, 6.07) is 10.7. The van der Waals surface area contributed by atoms with Gasteiger partial charge < -0.3 is 10.3 Å². The first-order valence-electron chi connectivity index (χ1n) is 8.13. The van der Waals surface area contributed by atoms with Crippen molar-refractivity contribution < 1.29 is 13.6 Å². The summed E-state index contributed by atoms with van der Waals surface area (Å²) in [6.45, 7) is 4.45. The molecule has 5 heteroatoms. The molecule has 1 amide bonds. The molecule has 0 saturated carbocycles. The molecule has 0 aliphatic carbocycles. The molecule has 3 aromatic rings. The normalized spacial score (nSPS) is 11.7. The number of aromatic amines is 1. The number of hydrogen-bond donors (Lipinski definition) is 2. The van der Waals surface area contributed by atoms with Crippen LogP contribution in [0.2, 0.25) is 0 Å². The highest BCUT2D eigenvalue weighted by Crippen LogP contribution is 2.30. The lowest BCUT2D eigenvalue weighted by Crippen LogP contribution is -2.37. The Bertz CT molecular complexity index is 915. The number of hydrogen-bond acceptors (Lipinski definition) is 1. The van der Waals surface area contributed by atoms with E-state index in [1.807, 2.05) is 20.0 Å². The number of aromatic nitrogens is 1. The number of carbonyl (C=O) groups is 1. The molecule has 0 radical (unpaired) electrons. The summed E-state index contributed by atoms with van der Waals surface area (Å²) in [5.41, 5.74) is 2.04. The van der Waals surface area contributed by atoms with Crippen LogP contribution in [0, 0.1) is 11.6 Å². The Morgan fingerprint density at radius 3 is 2.64 bits per heavy atom. The van der Waals surface area contributed by atoms with Gasteiger partial charge in [0.15, 0.2) is 0 Å². The van der Waals surface area contributed by atoms with Gasteiger partial charge in [0.2, 0.25) is 5.91 Å². The zero-order valence-corrected chi connectivity index (χ0v) is 14.2. The number of nitrogens with one attached hydrogen (secondary N) is 2. The van der Waals surface area contributed by atoms with E-state index in [4.69, 9.17) is 0 Å². The molecule has 0 aliphatic rings. The quantitative estimate of drug-likeness (QED) is 0.721. The van der Waals surface area contributed by atoms with Crippen LogP contribution in [0.15, 0.2) is 48.7 Å². The van der Waals surface area contributed by atoms with Gasteiger partial charge in [0.05, 0.1) is 6.42 Å². The van der Waals surface area contributed by atoms with Crippen molar-refractivity contribution in [1.29, 1.82) is 0 Å². The summed E-state index contributed by atoms with van der Waals surface area (Å²) >= 11 is 0. The van der Waals surface area contributed by atoms with Crippen molar-refractivity contribution in [1.82, 2.24) is 10.3 Å². The molecule has 0 aliphatic heterocycles. The van der Waals surface area contributed by atoms with Crippen molar-refractivity contribution in [3.05, 3.63) is 71.4 Å². The van der Waals surface area contributed by atoms with Gasteiger partial charge in [-0.2, -0.15) is 0 Å². The van der Waals surface area contributed by atoms with E-state index in [2.05, 4.69) is 10.3 Å². The van der Waals surface area contributed by atoms with Gasteiger partial charge in [-0.1, -0.05) is 26.0 Å². The number of fused-ring (bicyclic) bond motifs is 1. The Kier molecular flexibility index (Phi) is 4.57. The number of amides is 1. The average molecular weight is 342 g/mol. The molecule has 2 aromatic carbocycles. The molecule has 130 valence electrons. The first-order valence-corrected chi connectivity index (χ1v) is 8.13. The third kappa shape index (κ3) is 3.87. The molecule has 0 bridgehead atoms. The Morgan fingerprint density at radius 2 is 1.88 bits per heavy atom. The predicted molar refractivity (Wildman–Crippen MR) is 94.4 cm³/mol. The van der Waals surface area contributed by atoms with Crippen LogP contribution in [0.1, 0.15) is 25.0 Å². The second kappa shape index (κ2) is 6.67. The average Bonchev–Trinajstić information content (AvgIpc) is 2.97. The summed E-state index contributed by atoms with van der Waals surface area (Å²) in [6.07, 6.45) is 1.98. The molecule has 0 atom stereocenters. The molecule has 0 spiro atoms. The van der Waals surface area contributed by atoms with Crippen molar-refractivity contribution in [2.45, 2.75) is 25.7 Å². The summed E-state index contributed by atoms with van der Waals surface area (Å²) in [4.78, 5) is 15.2. The molecule has 1 aromatic heterocycles. The molecule has 3 nitrogen and oxygen atoms in total. The van der Waals surface area contributed by atoms with Gasteiger partial charge in [0.1, 0.15) is 11.6 Å². The van der Waals surface area contributed by atoms with Crippen molar-refractivity contribution in [3.63, 3.8) is 0 Å². The SMILES string of the molecule is CC(C)(CNC(=O)Cc1cccc(F)c1)c1c[nH]c2cc(F)ccc12. The van der Waals surface area contributed by atoms with E-state index in [0.29, 0.717) is 12.1 Å². The van der Waals surface area contributed by atoms with E-state index in [0.717, 1.165) is 16.5 Å². The van der Waals surface area contributed by atoms with Crippen LogP contribution < -0.4 is 5.32 Å². The highest BCUT2D eigenvalue weighted by atomic mass is 19.1. The molecular formula is C20H20F2N2O. The number of benzene rings is 2. The minimum absolute atomic E-state index is 0.132. The zero-order valence-electron chi connectivity index (χ0n) is 14.2. The minimum atomic E-state index is -0.350. The van der Waals surface area contributed by atoms with E-state index in [1.54, 1.807) is 18.2 Å². The first-order chi connectivity index (χ1) is 11.8. The molecule has 0 fully saturated rings. The Hall–Kier alpha value is -2.69. The number of rotatable bonds is 5. The van der Waals surface area contributed by atoms with E-state index in [1.165, 1.54) is 24.3 Å². The summed E-state index contributed by atoms with van der Waals surface area (Å²) in [5, 5.41) is 3.84. The molecule has 25 heavy (non-hydrogen) atoms. The van der Waals surface area contributed by atoms with Crippen molar-refractivity contribution in [2.24, 2.45) is 0 Å². The topological polar surface area (TPSA) is 44.9 Å². The van der Waals surface area contributed by atoms with Gasteiger partial charge in [-0.25, -0.2) is 8.78 Å². The maximum absolute atomic E-state index is 13.3. The van der Waals surface area contributed by atoms with Crippen LogP contribution in [-0.4, -0.2) is 17.4 Å². The van der Waals surface area contributed by atoms with Gasteiger partial charge in [-0.3, -0.25) is 4.79 Å². The van der Waals surface area contributed by atoms with Gasteiger partial charge in [0.25, 0.3) is 0 Å². The fourth-order valence-electron chi connectivity index (χ4n) is 2.97. The highest BCUT2D eigenvalue weighted by Gasteiger charge is 2.24. The maximum Gasteiger partial charge on any atom is 0.224 e. The van der Waals surface area contributed by atoms with Crippen molar-refractivity contribution >= 4 is 16.8 Å². The molecule has 3 rings (SSSR count). The van der Waals surface area contributed by atoms with Crippen LogP contribution in [-0.2, 0) is 16.6 Å². The summed E-state index contributed by atoms with van der Waals surface area (Å²) in [5.74, 6) is -0.802. The molecule has 1 heterocycles. The summed E-state index contributed by atoms with van der Waals surface area (Å²) < 4.78 is 26.5. The smallest absolute Gasteiger partial charge is 0.224 e. The third-order valence-corrected chi connectivity index (χ3v) is 4.35. The second-order valence-electron chi connectivity index (χ2n) is 6.86. The summed E-state index contributed by atoms with van der Waals surface area (Å²) in [7, 11) is 0. The second-order valence-corrected chi connectivity index (χ2v) is 6.86. The van der Waals surface area contributed by atoms with Gasteiger partial charge in [0, 0.05) is 29.1 Å². The third-order valence-electron chi connectivity index (χ3n) is 4.35. The predicted octanol–water partition coefficient (Wildman–Crippen LogP) is 4.08. The monoisotopic (exact) mass is 342 g/mol. The van der Waals surface area contributed by atoms with Gasteiger partial charge in [-0.05, 0) is 41.5 Å². The highest BCUT2D eigenvalue weighted by molar-refractivity contribution is 5.84. The van der Waals surface area contributed by atoms with E-state index < -0.39 is 0 Å². The van der Waals surface area contributed by atoms with Crippen LogP contribution in [0.25, 0.3) is 10.9 Å². The van der Waals surface area contributed by atoms with Crippen molar-refractivity contribution in [3.8, 4) is 0 Å². The molecule has 0 unspecified atom stereocenters. The zero-order chi connectivity index (χ0) is 18.0. The minimum Gasteiger partial charge on any atom is -0.361 e. The fraction of sp³-hybridized carbons (Fsp3) is 0.250. The van der Waals surface area contributed by atoms with E-state index in [-0.39, 0.29) is 29.4 Å². The van der Waals surface area contributed by atoms with E-state index in [9.17, 15) is 13.6 Å². The Labute approximate surface area is 145 Å². The number of halogens is 2. The Balaban J connectivity index is 1.69. The largest absolute Gasteiger partial charge is 0.361 e. The first kappa shape index (κ1) is 17.1. The maximum atomic E-state index is 13.3. The fourth-order valence-corrected chi connectivity index (χ4v) is 2.97. The number of H-pyrrole nitrogens is 1. The van der Waals surface area contributed by atoms with Crippen LogP contribution in [0.5, 0.6) is 0 Å². The lowest BCUT2D eigenvalue weighted by Gasteiger charge is -2.25. The molecule has 0 saturated heterocycles. The molecular weight excluding hydrogens is 322 g/mol. The Morgan fingerprint density at radius 1 is 1.12 bits per heavy atom. The van der Waals surface area contributed by atoms with Crippen LogP contribution in [0.4, 0.5) is 8.78 Å².